The maximum absolute atomic E-state index is 12.1. The number of hydrogen-bond acceptors (Lipinski definition) is 1. The summed E-state index contributed by atoms with van der Waals surface area (Å²) in [6.45, 7) is -3.47. The summed E-state index contributed by atoms with van der Waals surface area (Å²) in [5.74, 6) is 0. The molecule has 1 rings (SSSR count). The maximum atomic E-state index is 12.1. The van der Waals surface area contributed by atoms with Gasteiger partial charge in [-0.15, -0.1) is 0 Å². The highest BCUT2D eigenvalue weighted by atomic mass is 19.4. The zero-order valence-corrected chi connectivity index (χ0v) is 5.89. The van der Waals surface area contributed by atoms with Crippen molar-refractivity contribution in [3.8, 4) is 0 Å². The number of pyridine rings is 1. The summed E-state index contributed by atoms with van der Waals surface area (Å²) in [6, 6.07) is 1.35. The average molecular weight is 160 g/mol. The molecule has 0 saturated carbocycles. The Kier molecular flexibility index (Phi) is 1.89. The minimum atomic E-state index is -4.89. The van der Waals surface area contributed by atoms with E-state index in [9.17, 15) is 12.9 Å². The number of halogens is 3. The van der Waals surface area contributed by atoms with Gasteiger partial charge in [0, 0.05) is 12.4 Å². The third-order valence-electron chi connectivity index (χ3n) is 1.43. The lowest BCUT2D eigenvalue weighted by molar-refractivity contribution is 0.500. The van der Waals surface area contributed by atoms with E-state index in [1.165, 1.54) is 19.2 Å². The summed E-state index contributed by atoms with van der Waals surface area (Å²) < 4.78 is 36.2. The van der Waals surface area contributed by atoms with E-state index >= 15 is 0 Å². The Labute approximate surface area is 62.3 Å². The summed E-state index contributed by atoms with van der Waals surface area (Å²) in [6.07, 6.45) is 2.20. The summed E-state index contributed by atoms with van der Waals surface area (Å²) in [5, 5.41) is 0. The van der Waals surface area contributed by atoms with Crippen molar-refractivity contribution in [3.05, 3.63) is 24.0 Å². The van der Waals surface area contributed by atoms with Gasteiger partial charge in [0.05, 0.1) is 0 Å². The third kappa shape index (κ3) is 1.72. The first-order valence-electron chi connectivity index (χ1n) is 3.12. The van der Waals surface area contributed by atoms with E-state index in [1.807, 2.05) is 0 Å². The molecule has 1 aromatic rings. The van der Waals surface area contributed by atoms with Crippen molar-refractivity contribution >= 4 is 12.4 Å². The van der Waals surface area contributed by atoms with Gasteiger partial charge in [0.15, 0.2) is 0 Å². The fraction of sp³-hybridized carbons (Fsp3) is 0.167. The van der Waals surface area contributed by atoms with Crippen LogP contribution in [0.4, 0.5) is 12.9 Å². The van der Waals surface area contributed by atoms with Gasteiger partial charge < -0.3 is 12.9 Å². The standard InChI is InChI=1S/C6H6BF3N/c1-5-2-3-11-4-6(5)7(8,9)10/h2-4H,1H3/q-1. The van der Waals surface area contributed by atoms with Crippen LogP contribution in [0.3, 0.4) is 0 Å². The van der Waals surface area contributed by atoms with Gasteiger partial charge in [-0.25, -0.2) is 0 Å². The quantitative estimate of drug-likeness (QED) is 0.566. The molecule has 1 aromatic heterocycles. The number of nitrogens with zero attached hydrogens (tertiary/aromatic N) is 1. The molecular formula is C6H6BF3N-. The SMILES string of the molecule is Cc1ccncc1[B-](F)(F)F. The van der Waals surface area contributed by atoms with Gasteiger partial charge in [-0.05, 0) is 13.0 Å². The first-order valence-corrected chi connectivity index (χ1v) is 3.12. The molecule has 0 aliphatic carbocycles. The summed E-state index contributed by atoms with van der Waals surface area (Å²) in [7, 11) is 0. The van der Waals surface area contributed by atoms with Crippen LogP contribution in [0, 0.1) is 6.92 Å². The largest absolute Gasteiger partial charge is 0.511 e. The Morgan fingerprint density at radius 2 is 2.00 bits per heavy atom. The highest BCUT2D eigenvalue weighted by Gasteiger charge is 2.26. The van der Waals surface area contributed by atoms with Gasteiger partial charge in [-0.1, -0.05) is 11.0 Å². The van der Waals surface area contributed by atoms with Gasteiger partial charge in [0.2, 0.25) is 0 Å². The Morgan fingerprint density at radius 3 is 2.36 bits per heavy atom. The van der Waals surface area contributed by atoms with E-state index in [0.29, 0.717) is 0 Å². The van der Waals surface area contributed by atoms with Crippen LogP contribution in [-0.4, -0.2) is 12.0 Å². The molecule has 0 spiro atoms. The second-order valence-corrected chi connectivity index (χ2v) is 2.31. The van der Waals surface area contributed by atoms with E-state index in [-0.39, 0.29) is 5.56 Å². The van der Waals surface area contributed by atoms with Crippen molar-refractivity contribution in [2.24, 2.45) is 0 Å². The predicted molar refractivity (Wildman–Crippen MR) is 37.7 cm³/mol. The average Bonchev–Trinajstić information content (AvgIpc) is 1.86. The van der Waals surface area contributed by atoms with E-state index in [2.05, 4.69) is 4.98 Å². The van der Waals surface area contributed by atoms with Crippen molar-refractivity contribution in [2.45, 2.75) is 6.92 Å². The topological polar surface area (TPSA) is 12.9 Å². The molecule has 0 fully saturated rings. The van der Waals surface area contributed by atoms with Crippen molar-refractivity contribution in [3.63, 3.8) is 0 Å². The fourth-order valence-electron chi connectivity index (χ4n) is 0.819. The minimum Gasteiger partial charge on any atom is -0.445 e. The smallest absolute Gasteiger partial charge is 0.445 e. The van der Waals surface area contributed by atoms with Crippen LogP contribution in [-0.2, 0) is 0 Å². The maximum Gasteiger partial charge on any atom is 0.511 e. The molecule has 5 heteroatoms. The number of hydrogen-bond donors (Lipinski definition) is 0. The number of aromatic nitrogens is 1. The van der Waals surface area contributed by atoms with E-state index in [0.717, 1.165) is 6.20 Å². The lowest BCUT2D eigenvalue weighted by atomic mass is 9.78. The minimum absolute atomic E-state index is 0.229. The van der Waals surface area contributed by atoms with E-state index in [4.69, 9.17) is 0 Å². The van der Waals surface area contributed by atoms with Crippen LogP contribution < -0.4 is 5.46 Å². The highest BCUT2D eigenvalue weighted by Crippen LogP contribution is 2.09. The lowest BCUT2D eigenvalue weighted by Crippen LogP contribution is -2.36. The second kappa shape index (κ2) is 2.56. The van der Waals surface area contributed by atoms with Crippen LogP contribution in [0.15, 0.2) is 18.5 Å². The summed E-state index contributed by atoms with van der Waals surface area (Å²) >= 11 is 0. The number of rotatable bonds is 1. The zero-order valence-electron chi connectivity index (χ0n) is 5.89. The molecule has 0 unspecified atom stereocenters. The monoisotopic (exact) mass is 160 g/mol. The zero-order chi connectivity index (χ0) is 8.48. The molecule has 1 nitrogen and oxygen atoms in total. The van der Waals surface area contributed by atoms with Crippen LogP contribution >= 0.6 is 0 Å². The van der Waals surface area contributed by atoms with Crippen molar-refractivity contribution < 1.29 is 12.9 Å². The van der Waals surface area contributed by atoms with Crippen molar-refractivity contribution in [1.82, 2.24) is 4.98 Å². The number of aryl methyl sites for hydroxylation is 1. The lowest BCUT2D eigenvalue weighted by Gasteiger charge is -2.16. The van der Waals surface area contributed by atoms with Crippen molar-refractivity contribution in [2.75, 3.05) is 0 Å². The van der Waals surface area contributed by atoms with E-state index < -0.39 is 12.4 Å². The van der Waals surface area contributed by atoms with Gasteiger partial charge in [-0.2, -0.15) is 0 Å². The van der Waals surface area contributed by atoms with E-state index in [1.54, 1.807) is 0 Å². The molecule has 0 atom stereocenters. The Morgan fingerprint density at radius 1 is 1.36 bits per heavy atom. The molecule has 0 bridgehead atoms. The fourth-order valence-corrected chi connectivity index (χ4v) is 0.819. The third-order valence-corrected chi connectivity index (χ3v) is 1.43. The molecule has 0 aliphatic rings. The molecule has 11 heavy (non-hydrogen) atoms. The molecule has 0 N–H and O–H groups in total. The highest BCUT2D eigenvalue weighted by molar-refractivity contribution is 6.73. The first-order chi connectivity index (χ1) is 5.02. The van der Waals surface area contributed by atoms with Gasteiger partial charge in [0.1, 0.15) is 0 Å². The van der Waals surface area contributed by atoms with Gasteiger partial charge in [0.25, 0.3) is 0 Å². The molecule has 0 aliphatic heterocycles. The molecule has 60 valence electrons. The first kappa shape index (κ1) is 8.10. The Bertz CT molecular complexity index is 258. The van der Waals surface area contributed by atoms with Crippen LogP contribution in [0.1, 0.15) is 5.56 Å². The molecule has 0 saturated heterocycles. The van der Waals surface area contributed by atoms with Gasteiger partial charge in [-0.3, -0.25) is 4.98 Å². The molecule has 0 amide bonds. The van der Waals surface area contributed by atoms with Gasteiger partial charge >= 0.3 is 6.98 Å². The molecule has 1 heterocycles. The van der Waals surface area contributed by atoms with Crippen LogP contribution in [0.25, 0.3) is 0 Å². The summed E-state index contributed by atoms with van der Waals surface area (Å²) in [5.41, 5.74) is -0.375. The molecular weight excluding hydrogens is 154 g/mol. The molecule has 0 aromatic carbocycles. The normalized spacial score (nSPS) is 11.6. The Hall–Kier alpha value is -0.995. The molecule has 0 radical (unpaired) electrons. The van der Waals surface area contributed by atoms with Crippen LogP contribution in [0.2, 0.25) is 0 Å². The summed E-state index contributed by atoms with van der Waals surface area (Å²) in [4.78, 5) is 3.41. The predicted octanol–water partition coefficient (Wildman–Crippen LogP) is 1.44. The Balaban J connectivity index is 3.14. The van der Waals surface area contributed by atoms with Crippen LogP contribution in [0.5, 0.6) is 0 Å². The van der Waals surface area contributed by atoms with Crippen molar-refractivity contribution in [1.29, 1.82) is 0 Å². The second-order valence-electron chi connectivity index (χ2n) is 2.31.